The lowest BCUT2D eigenvalue weighted by Gasteiger charge is -2.07. The number of hydrogen-bond donors (Lipinski definition) is 1. The third kappa shape index (κ3) is 6.39. The number of thioether (sulfide) groups is 1. The van der Waals surface area contributed by atoms with Crippen molar-refractivity contribution in [3.05, 3.63) is 64.0 Å². The van der Waals surface area contributed by atoms with Crippen LogP contribution in [0.15, 0.2) is 52.1 Å². The molecule has 0 spiro atoms. The molecule has 1 aromatic heterocycles. The molecule has 0 aliphatic heterocycles. The van der Waals surface area contributed by atoms with Crippen molar-refractivity contribution in [2.24, 2.45) is 0 Å². The molecule has 1 amide bonds. The van der Waals surface area contributed by atoms with Crippen molar-refractivity contribution in [1.29, 1.82) is 0 Å². The highest BCUT2D eigenvalue weighted by Gasteiger charge is 2.12. The molecule has 0 unspecified atom stereocenters. The lowest BCUT2D eigenvalue weighted by Crippen LogP contribution is -2.14. The molecule has 29 heavy (non-hydrogen) atoms. The summed E-state index contributed by atoms with van der Waals surface area (Å²) in [6.07, 6.45) is 0. The molecule has 0 bridgehead atoms. The Balaban J connectivity index is 1.46. The second-order valence-electron chi connectivity index (χ2n) is 6.44. The molecule has 0 aliphatic rings. The molecular weight excluding hydrogens is 433 g/mol. The van der Waals surface area contributed by atoms with Gasteiger partial charge < -0.3 is 14.5 Å². The van der Waals surface area contributed by atoms with Crippen LogP contribution in [-0.2, 0) is 11.4 Å². The van der Waals surface area contributed by atoms with Crippen LogP contribution in [0.2, 0.25) is 10.0 Å². The Kier molecular flexibility index (Phi) is 7.41. The Bertz CT molecular complexity index is 977. The molecule has 1 heterocycles. The zero-order valence-electron chi connectivity index (χ0n) is 15.8. The molecule has 1 N–H and O–H groups in total. The van der Waals surface area contributed by atoms with Crippen LogP contribution in [0, 0.1) is 0 Å². The van der Waals surface area contributed by atoms with Crippen molar-refractivity contribution in [2.75, 3.05) is 11.1 Å². The molecular formula is C20H19Cl2N3O3S. The Morgan fingerprint density at radius 1 is 1.17 bits per heavy atom. The summed E-state index contributed by atoms with van der Waals surface area (Å²) in [5, 5.41) is 11.7. The number of nitrogens with zero attached hydrogens (tertiary/aromatic N) is 2. The van der Waals surface area contributed by atoms with Gasteiger partial charge in [0.05, 0.1) is 16.5 Å². The van der Waals surface area contributed by atoms with E-state index < -0.39 is 0 Å². The highest BCUT2D eigenvalue weighted by Crippen LogP contribution is 2.26. The number of rotatable bonds is 8. The van der Waals surface area contributed by atoms with Crippen molar-refractivity contribution in [3.63, 3.8) is 0 Å². The Hall–Kier alpha value is -2.22. The van der Waals surface area contributed by atoms with E-state index in [1.165, 1.54) is 5.56 Å². The fourth-order valence-electron chi connectivity index (χ4n) is 2.35. The fraction of sp³-hybridized carbons (Fsp3) is 0.250. The van der Waals surface area contributed by atoms with Gasteiger partial charge in [-0.2, -0.15) is 0 Å². The van der Waals surface area contributed by atoms with E-state index in [2.05, 4.69) is 29.4 Å². The maximum Gasteiger partial charge on any atom is 0.277 e. The number of carbonyl (C=O) groups is 1. The van der Waals surface area contributed by atoms with Gasteiger partial charge >= 0.3 is 0 Å². The summed E-state index contributed by atoms with van der Waals surface area (Å²) < 4.78 is 11.2. The largest absolute Gasteiger partial charge is 0.484 e. The monoisotopic (exact) mass is 451 g/mol. The van der Waals surface area contributed by atoms with E-state index in [4.69, 9.17) is 32.4 Å². The number of hydrogen-bond acceptors (Lipinski definition) is 6. The zero-order valence-corrected chi connectivity index (χ0v) is 18.1. The number of ether oxygens (including phenoxy) is 1. The first-order valence-corrected chi connectivity index (χ1v) is 10.6. The summed E-state index contributed by atoms with van der Waals surface area (Å²) in [6.45, 7) is 4.43. The minimum atomic E-state index is -0.250. The molecule has 152 valence electrons. The van der Waals surface area contributed by atoms with Gasteiger partial charge in [-0.25, -0.2) is 0 Å². The Labute approximate surface area is 182 Å². The second kappa shape index (κ2) is 10.0. The maximum atomic E-state index is 12.1. The van der Waals surface area contributed by atoms with Crippen molar-refractivity contribution >= 4 is 46.6 Å². The maximum absolute atomic E-state index is 12.1. The summed E-state index contributed by atoms with van der Waals surface area (Å²) in [5.41, 5.74) is 1.73. The van der Waals surface area contributed by atoms with Gasteiger partial charge in [-0.05, 0) is 41.8 Å². The first-order valence-electron chi connectivity index (χ1n) is 8.83. The summed E-state index contributed by atoms with van der Waals surface area (Å²) in [5.74, 6) is 1.37. The molecule has 0 atom stereocenters. The number of halogens is 2. The van der Waals surface area contributed by atoms with Crippen molar-refractivity contribution in [2.45, 2.75) is 31.6 Å². The number of carbonyl (C=O) groups excluding carboxylic acids is 1. The normalized spacial score (nSPS) is 10.9. The van der Waals surface area contributed by atoms with Crippen LogP contribution in [0.1, 0.15) is 31.2 Å². The van der Waals surface area contributed by atoms with Gasteiger partial charge in [0.25, 0.3) is 11.1 Å². The van der Waals surface area contributed by atoms with Gasteiger partial charge in [0.15, 0.2) is 6.61 Å². The number of aromatic nitrogens is 2. The van der Waals surface area contributed by atoms with E-state index in [0.29, 0.717) is 27.5 Å². The zero-order chi connectivity index (χ0) is 20.8. The van der Waals surface area contributed by atoms with Gasteiger partial charge in [-0.3, -0.25) is 4.79 Å². The van der Waals surface area contributed by atoms with Crippen LogP contribution >= 0.6 is 35.0 Å². The van der Waals surface area contributed by atoms with Gasteiger partial charge in [0, 0.05) is 5.02 Å². The van der Waals surface area contributed by atoms with Crippen molar-refractivity contribution in [3.8, 4) is 5.75 Å². The number of anilines is 1. The topological polar surface area (TPSA) is 77.2 Å². The number of benzene rings is 2. The van der Waals surface area contributed by atoms with Gasteiger partial charge in [-0.15, -0.1) is 10.2 Å². The fourth-order valence-corrected chi connectivity index (χ4v) is 3.39. The van der Waals surface area contributed by atoms with E-state index in [1.807, 2.05) is 24.3 Å². The average molecular weight is 452 g/mol. The third-order valence-corrected chi connectivity index (χ3v) is 5.26. The number of nitrogens with one attached hydrogen (secondary N) is 1. The molecule has 3 aromatic rings. The van der Waals surface area contributed by atoms with Crippen LogP contribution < -0.4 is 10.1 Å². The summed E-state index contributed by atoms with van der Waals surface area (Å²) in [6, 6.07) is 12.7. The van der Waals surface area contributed by atoms with Crippen LogP contribution in [0.25, 0.3) is 0 Å². The molecule has 0 saturated carbocycles. The smallest absolute Gasteiger partial charge is 0.277 e. The van der Waals surface area contributed by atoms with E-state index in [1.54, 1.807) is 18.2 Å². The first-order chi connectivity index (χ1) is 13.9. The molecule has 3 rings (SSSR count). The average Bonchev–Trinajstić information content (AvgIpc) is 3.15. The summed E-state index contributed by atoms with van der Waals surface area (Å²) in [4.78, 5) is 12.1. The van der Waals surface area contributed by atoms with Crippen molar-refractivity contribution < 1.29 is 13.9 Å². The molecule has 9 heteroatoms. The molecule has 0 saturated heterocycles. The third-order valence-electron chi connectivity index (χ3n) is 3.89. The molecule has 0 aliphatic carbocycles. The predicted molar refractivity (Wildman–Crippen MR) is 115 cm³/mol. The highest BCUT2D eigenvalue weighted by atomic mass is 35.5. The highest BCUT2D eigenvalue weighted by molar-refractivity contribution is 7.99. The van der Waals surface area contributed by atoms with Crippen molar-refractivity contribution in [1.82, 2.24) is 10.2 Å². The SMILES string of the molecule is CC(C)c1ccc(OCc2nnc(SCC(=O)Nc3ccc(Cl)cc3Cl)o2)cc1. The quantitative estimate of drug-likeness (QED) is 0.435. The lowest BCUT2D eigenvalue weighted by atomic mass is 10.0. The summed E-state index contributed by atoms with van der Waals surface area (Å²) >= 11 is 13.0. The van der Waals surface area contributed by atoms with E-state index >= 15 is 0 Å². The van der Waals surface area contributed by atoms with Gasteiger partial charge in [-0.1, -0.05) is 60.9 Å². The molecule has 6 nitrogen and oxygen atoms in total. The minimum absolute atomic E-state index is 0.0953. The van der Waals surface area contributed by atoms with Crippen LogP contribution in [0.5, 0.6) is 5.75 Å². The van der Waals surface area contributed by atoms with Crippen LogP contribution in [-0.4, -0.2) is 21.9 Å². The summed E-state index contributed by atoms with van der Waals surface area (Å²) in [7, 11) is 0. The lowest BCUT2D eigenvalue weighted by molar-refractivity contribution is -0.113. The molecule has 0 radical (unpaired) electrons. The Morgan fingerprint density at radius 2 is 1.93 bits per heavy atom. The minimum Gasteiger partial charge on any atom is -0.484 e. The predicted octanol–water partition coefficient (Wildman–Crippen LogP) is 5.81. The van der Waals surface area contributed by atoms with Crippen LogP contribution in [0.4, 0.5) is 5.69 Å². The van der Waals surface area contributed by atoms with E-state index in [0.717, 1.165) is 17.5 Å². The van der Waals surface area contributed by atoms with Crippen LogP contribution in [0.3, 0.4) is 0 Å². The first kappa shape index (κ1) is 21.5. The van der Waals surface area contributed by atoms with E-state index in [-0.39, 0.29) is 23.5 Å². The second-order valence-corrected chi connectivity index (χ2v) is 8.21. The van der Waals surface area contributed by atoms with Gasteiger partial charge in [0.2, 0.25) is 5.91 Å². The standard InChI is InChI=1S/C20H19Cl2N3O3S/c1-12(2)13-3-6-15(7-4-13)27-10-19-24-25-20(28-19)29-11-18(26)23-17-8-5-14(21)9-16(17)22/h3-9,12H,10-11H2,1-2H3,(H,23,26). The number of amides is 1. The van der Waals surface area contributed by atoms with E-state index in [9.17, 15) is 4.79 Å². The molecule has 2 aromatic carbocycles. The molecule has 0 fully saturated rings. The van der Waals surface area contributed by atoms with Gasteiger partial charge in [0.1, 0.15) is 5.75 Å². The Morgan fingerprint density at radius 3 is 2.62 bits per heavy atom.